The lowest BCUT2D eigenvalue weighted by Crippen LogP contribution is -2.33. The highest BCUT2D eigenvalue weighted by molar-refractivity contribution is 6.05. The van der Waals surface area contributed by atoms with Crippen LogP contribution in [-0.4, -0.2) is 35.3 Å². The van der Waals surface area contributed by atoms with Crippen LogP contribution in [0, 0.1) is 6.92 Å². The van der Waals surface area contributed by atoms with E-state index in [4.69, 9.17) is 10.7 Å². The van der Waals surface area contributed by atoms with Gasteiger partial charge in [-0.2, -0.15) is 0 Å². The maximum absolute atomic E-state index is 13.6. The van der Waals surface area contributed by atoms with E-state index in [1.807, 2.05) is 49.4 Å². The van der Waals surface area contributed by atoms with Gasteiger partial charge >= 0.3 is 0 Å². The van der Waals surface area contributed by atoms with Crippen LogP contribution < -0.4 is 16.6 Å². The fourth-order valence-corrected chi connectivity index (χ4v) is 3.92. The molecule has 0 unspecified atom stereocenters. The van der Waals surface area contributed by atoms with Crippen molar-refractivity contribution in [1.29, 1.82) is 0 Å². The Morgan fingerprint density at radius 1 is 1.12 bits per heavy atom. The second kappa shape index (κ2) is 7.83. The highest BCUT2D eigenvalue weighted by Gasteiger charge is 2.24. The molecule has 0 fully saturated rings. The summed E-state index contributed by atoms with van der Waals surface area (Å²) >= 11 is 0. The van der Waals surface area contributed by atoms with Crippen molar-refractivity contribution in [3.8, 4) is 5.69 Å². The average Bonchev–Trinajstić information content (AvgIpc) is 3.15. The molecule has 0 aliphatic rings. The molecule has 10 nitrogen and oxygen atoms in total. The number of hydrogen-bond donors (Lipinski definition) is 2. The number of hydrogen-bond acceptors (Lipinski definition) is 7. The van der Waals surface area contributed by atoms with E-state index in [-0.39, 0.29) is 16.9 Å². The van der Waals surface area contributed by atoms with E-state index >= 15 is 0 Å². The van der Waals surface area contributed by atoms with Crippen molar-refractivity contribution in [2.75, 3.05) is 5.73 Å². The Hall–Kier alpha value is -4.60. The number of aromatic nitrogens is 6. The molecule has 0 saturated heterocycles. The third-order valence-electron chi connectivity index (χ3n) is 5.46. The normalized spacial score (nSPS) is 12.2. The lowest BCUT2D eigenvalue weighted by atomic mass is 10.1. The minimum Gasteiger partial charge on any atom is -0.381 e. The molecular formula is C23H20N8O2. The Bertz CT molecular complexity index is 1570. The van der Waals surface area contributed by atoms with Gasteiger partial charge in [0, 0.05) is 0 Å². The van der Waals surface area contributed by atoms with Crippen LogP contribution in [-0.2, 0) is 0 Å². The lowest BCUT2D eigenvalue weighted by Gasteiger charge is -2.20. The Labute approximate surface area is 187 Å². The van der Waals surface area contributed by atoms with Gasteiger partial charge in [0.2, 0.25) is 0 Å². The molecule has 3 N–H and O–H groups in total. The summed E-state index contributed by atoms with van der Waals surface area (Å²) in [6.07, 6.45) is 2.77. The van der Waals surface area contributed by atoms with Crippen LogP contribution in [0.15, 0.2) is 65.8 Å². The first-order valence-corrected chi connectivity index (χ1v) is 10.3. The predicted octanol–water partition coefficient (Wildman–Crippen LogP) is 2.21. The number of aryl methyl sites for hydroxylation is 1. The van der Waals surface area contributed by atoms with Crippen LogP contribution in [0.1, 0.15) is 34.7 Å². The number of rotatable bonds is 4. The van der Waals surface area contributed by atoms with Gasteiger partial charge in [0.1, 0.15) is 23.2 Å². The standard InChI is InChI=1S/C23H20N8O2/c1-13-7-6-10-16-18(13)23(33)30(15-8-4-3-5-9-15)21(28-16)14(2)27-22(32)19-17-11-25-12-26-31(17)29-20(19)24/h3-12,14H,1-2H3,(H2,24,29)(H,27,32)/t14-/m0/s1. The van der Waals surface area contributed by atoms with E-state index in [0.717, 1.165) is 5.56 Å². The SMILES string of the molecule is Cc1cccc2nc([C@H](C)NC(=O)c3c(N)nn4ncncc34)n(-c3ccccc3)c(=O)c12. The van der Waals surface area contributed by atoms with Gasteiger partial charge < -0.3 is 11.1 Å². The number of nitrogens with two attached hydrogens (primary N) is 1. The van der Waals surface area contributed by atoms with E-state index in [0.29, 0.717) is 27.9 Å². The summed E-state index contributed by atoms with van der Waals surface area (Å²) in [6.45, 7) is 3.64. The van der Waals surface area contributed by atoms with Gasteiger partial charge in [0.25, 0.3) is 11.5 Å². The summed E-state index contributed by atoms with van der Waals surface area (Å²) < 4.78 is 2.78. The zero-order valence-electron chi connectivity index (χ0n) is 17.9. The molecule has 0 aliphatic heterocycles. The summed E-state index contributed by atoms with van der Waals surface area (Å²) in [5, 5.41) is 11.5. The number of para-hydroxylation sites is 1. The van der Waals surface area contributed by atoms with Crippen LogP contribution >= 0.6 is 0 Å². The maximum Gasteiger partial charge on any atom is 0.266 e. The van der Waals surface area contributed by atoms with Crippen LogP contribution in [0.5, 0.6) is 0 Å². The minimum atomic E-state index is -0.630. The van der Waals surface area contributed by atoms with Gasteiger partial charge in [0.15, 0.2) is 5.82 Å². The van der Waals surface area contributed by atoms with Crippen LogP contribution in [0.4, 0.5) is 5.82 Å². The van der Waals surface area contributed by atoms with E-state index in [2.05, 4.69) is 20.5 Å². The summed E-state index contributed by atoms with van der Waals surface area (Å²) in [4.78, 5) is 35.5. The van der Waals surface area contributed by atoms with E-state index in [9.17, 15) is 9.59 Å². The lowest BCUT2D eigenvalue weighted by molar-refractivity contribution is 0.0940. The van der Waals surface area contributed by atoms with Crippen LogP contribution in [0.3, 0.4) is 0 Å². The first-order chi connectivity index (χ1) is 16.0. The second-order valence-electron chi connectivity index (χ2n) is 7.65. The molecular weight excluding hydrogens is 420 g/mol. The predicted molar refractivity (Wildman–Crippen MR) is 123 cm³/mol. The van der Waals surface area contributed by atoms with Crippen LogP contribution in [0.2, 0.25) is 0 Å². The van der Waals surface area contributed by atoms with Crippen molar-refractivity contribution in [2.45, 2.75) is 19.9 Å². The first kappa shape index (κ1) is 20.3. The highest BCUT2D eigenvalue weighted by Crippen LogP contribution is 2.22. The van der Waals surface area contributed by atoms with E-state index in [1.165, 1.54) is 21.7 Å². The Morgan fingerprint density at radius 2 is 1.91 bits per heavy atom. The Balaban J connectivity index is 1.64. The second-order valence-corrected chi connectivity index (χ2v) is 7.65. The number of anilines is 1. The molecule has 3 heterocycles. The summed E-state index contributed by atoms with van der Waals surface area (Å²) in [7, 11) is 0. The van der Waals surface area contributed by atoms with E-state index < -0.39 is 11.9 Å². The highest BCUT2D eigenvalue weighted by atomic mass is 16.2. The molecule has 0 aliphatic carbocycles. The van der Waals surface area contributed by atoms with Gasteiger partial charge in [-0.1, -0.05) is 30.3 Å². The molecule has 164 valence electrons. The number of nitrogen functional groups attached to an aromatic ring is 1. The number of benzene rings is 2. The largest absolute Gasteiger partial charge is 0.381 e. The van der Waals surface area contributed by atoms with E-state index in [1.54, 1.807) is 13.0 Å². The minimum absolute atomic E-state index is 0.0303. The molecule has 5 aromatic rings. The molecule has 0 spiro atoms. The van der Waals surface area contributed by atoms with Crippen molar-refractivity contribution >= 4 is 28.1 Å². The molecule has 0 saturated carbocycles. The summed E-state index contributed by atoms with van der Waals surface area (Å²) in [5.74, 6) is -0.0466. The monoisotopic (exact) mass is 440 g/mol. The summed E-state index contributed by atoms with van der Waals surface area (Å²) in [5.41, 5.74) is 8.35. The smallest absolute Gasteiger partial charge is 0.266 e. The van der Waals surface area contributed by atoms with Crippen molar-refractivity contribution in [2.24, 2.45) is 0 Å². The summed E-state index contributed by atoms with van der Waals surface area (Å²) in [6, 6.07) is 14.1. The van der Waals surface area contributed by atoms with Gasteiger partial charge in [-0.15, -0.1) is 14.8 Å². The quantitative estimate of drug-likeness (QED) is 0.438. The zero-order valence-corrected chi connectivity index (χ0v) is 17.9. The van der Waals surface area contributed by atoms with Crippen molar-refractivity contribution in [1.82, 2.24) is 34.7 Å². The van der Waals surface area contributed by atoms with Gasteiger partial charge in [-0.05, 0) is 37.6 Å². The van der Waals surface area contributed by atoms with Gasteiger partial charge in [-0.25, -0.2) is 9.97 Å². The topological polar surface area (TPSA) is 133 Å². The molecule has 1 amide bonds. The average molecular weight is 440 g/mol. The van der Waals surface area contributed by atoms with Crippen molar-refractivity contribution in [3.63, 3.8) is 0 Å². The molecule has 1 atom stereocenters. The number of nitrogens with zero attached hydrogens (tertiary/aromatic N) is 6. The van der Waals surface area contributed by atoms with Gasteiger partial charge in [-0.3, -0.25) is 14.2 Å². The number of nitrogens with one attached hydrogen (secondary N) is 1. The number of amides is 1. The molecule has 10 heteroatoms. The zero-order chi connectivity index (χ0) is 23.1. The molecule has 2 aromatic carbocycles. The maximum atomic E-state index is 13.6. The molecule has 5 rings (SSSR count). The molecule has 3 aromatic heterocycles. The van der Waals surface area contributed by atoms with Gasteiger partial charge in [0.05, 0.1) is 28.8 Å². The molecule has 33 heavy (non-hydrogen) atoms. The van der Waals surface area contributed by atoms with Crippen molar-refractivity contribution < 1.29 is 4.79 Å². The fourth-order valence-electron chi connectivity index (χ4n) is 3.92. The number of carbonyl (C=O) groups excluding carboxylic acids is 1. The molecule has 0 radical (unpaired) electrons. The third-order valence-corrected chi connectivity index (χ3v) is 5.46. The third kappa shape index (κ3) is 3.37. The number of carbonyl (C=O) groups is 1. The molecule has 0 bridgehead atoms. The van der Waals surface area contributed by atoms with Crippen molar-refractivity contribution in [3.05, 3.63) is 88.4 Å². The fraction of sp³-hybridized carbons (Fsp3) is 0.130. The number of fused-ring (bicyclic) bond motifs is 2. The van der Waals surface area contributed by atoms with Crippen LogP contribution in [0.25, 0.3) is 22.1 Å². The first-order valence-electron chi connectivity index (χ1n) is 10.3. The Morgan fingerprint density at radius 3 is 2.70 bits per heavy atom. The Kier molecular flexibility index (Phi) is 4.82.